The molecular weight excluding hydrogens is 335 g/mol. The summed E-state index contributed by atoms with van der Waals surface area (Å²) in [4.78, 5) is 0. The number of rotatable bonds is 5. The highest BCUT2D eigenvalue weighted by molar-refractivity contribution is 7.86. The average Bonchev–Trinajstić information content (AvgIpc) is 3.23. The third-order valence-electron chi connectivity index (χ3n) is 3.04. The van der Waals surface area contributed by atoms with Crippen LogP contribution in [0.3, 0.4) is 0 Å². The maximum absolute atomic E-state index is 10.7. The Bertz CT molecular complexity index is 629. The van der Waals surface area contributed by atoms with E-state index in [1.807, 2.05) is 18.2 Å². The number of alkyl halides is 3. The molecule has 1 fully saturated rings. The van der Waals surface area contributed by atoms with Crippen molar-refractivity contribution in [1.29, 1.82) is 5.26 Å². The highest BCUT2D eigenvalue weighted by atomic mass is 32.2. The molecule has 0 aliphatic carbocycles. The highest BCUT2D eigenvalue weighted by Crippen LogP contribution is 2.20. The van der Waals surface area contributed by atoms with E-state index in [0.717, 1.165) is 13.0 Å². The molecule has 1 aliphatic heterocycles. The van der Waals surface area contributed by atoms with Crippen LogP contribution < -0.4 is 9.69 Å². The van der Waals surface area contributed by atoms with Gasteiger partial charge in [-0.3, -0.25) is 0 Å². The Morgan fingerprint density at radius 1 is 1.26 bits per heavy atom. The summed E-state index contributed by atoms with van der Waals surface area (Å²) in [5.74, 6) is 0. The molecule has 1 saturated heterocycles. The molecule has 23 heavy (non-hydrogen) atoms. The van der Waals surface area contributed by atoms with Gasteiger partial charge in [0.15, 0.2) is 22.5 Å². The SMILES string of the molecule is N#CCCCCC1CN1[n+]1ccccc1.O=S(=O)([O-])C(F)(F)F. The number of pyridine rings is 1. The van der Waals surface area contributed by atoms with Crippen molar-refractivity contribution in [2.45, 2.75) is 37.2 Å². The Hall–Kier alpha value is -1.86. The van der Waals surface area contributed by atoms with Crippen LogP contribution in [0.2, 0.25) is 0 Å². The molecule has 0 aromatic carbocycles. The van der Waals surface area contributed by atoms with Gasteiger partial charge in [-0.1, -0.05) is 17.2 Å². The molecule has 1 aliphatic rings. The Balaban J connectivity index is 0.000000284. The third-order valence-corrected chi connectivity index (χ3v) is 3.61. The van der Waals surface area contributed by atoms with Crippen LogP contribution in [0, 0.1) is 11.3 Å². The second-order valence-electron chi connectivity index (χ2n) is 4.84. The smallest absolute Gasteiger partial charge is 0.485 e. The van der Waals surface area contributed by atoms with Crippen molar-refractivity contribution in [2.24, 2.45) is 0 Å². The van der Waals surface area contributed by atoms with Crippen LogP contribution in [-0.4, -0.2) is 31.1 Å². The first-order valence-electron chi connectivity index (χ1n) is 6.79. The van der Waals surface area contributed by atoms with Gasteiger partial charge in [-0.05, 0) is 12.8 Å². The molecule has 10 heteroatoms. The zero-order chi connectivity index (χ0) is 17.5. The average molecular weight is 351 g/mol. The number of halogens is 3. The van der Waals surface area contributed by atoms with Gasteiger partial charge in [0.1, 0.15) is 6.04 Å². The fraction of sp³-hybridized carbons (Fsp3) is 0.538. The first kappa shape index (κ1) is 19.2. The molecule has 0 amide bonds. The van der Waals surface area contributed by atoms with E-state index >= 15 is 0 Å². The van der Waals surface area contributed by atoms with Crippen molar-refractivity contribution in [3.63, 3.8) is 0 Å². The molecule has 1 atom stereocenters. The van der Waals surface area contributed by atoms with E-state index in [1.165, 1.54) is 12.8 Å². The van der Waals surface area contributed by atoms with Crippen molar-refractivity contribution in [1.82, 2.24) is 0 Å². The van der Waals surface area contributed by atoms with E-state index in [1.54, 1.807) is 0 Å². The minimum atomic E-state index is -6.09. The number of hydrogen-bond donors (Lipinski definition) is 0. The van der Waals surface area contributed by atoms with E-state index in [9.17, 15) is 13.2 Å². The van der Waals surface area contributed by atoms with Crippen LogP contribution in [0.5, 0.6) is 0 Å². The summed E-state index contributed by atoms with van der Waals surface area (Å²) in [5.41, 5.74) is -5.65. The van der Waals surface area contributed by atoms with Gasteiger partial charge >= 0.3 is 5.51 Å². The molecule has 2 heterocycles. The van der Waals surface area contributed by atoms with E-state index in [4.69, 9.17) is 18.2 Å². The second kappa shape index (κ2) is 8.12. The van der Waals surface area contributed by atoms with Crippen LogP contribution in [-0.2, 0) is 10.1 Å². The lowest BCUT2D eigenvalue weighted by Crippen LogP contribution is -2.45. The van der Waals surface area contributed by atoms with Gasteiger partial charge in [-0.15, -0.1) is 0 Å². The summed E-state index contributed by atoms with van der Waals surface area (Å²) in [7, 11) is -6.09. The van der Waals surface area contributed by atoms with E-state index < -0.39 is 15.6 Å². The fourth-order valence-corrected chi connectivity index (χ4v) is 1.84. The maximum Gasteiger partial charge on any atom is 0.485 e. The molecule has 1 aromatic rings. The largest absolute Gasteiger partial charge is 0.741 e. The molecule has 1 aromatic heterocycles. The van der Waals surface area contributed by atoms with Crippen LogP contribution in [0.4, 0.5) is 13.2 Å². The lowest BCUT2D eigenvalue weighted by atomic mass is 10.2. The molecule has 0 saturated carbocycles. The van der Waals surface area contributed by atoms with E-state index in [-0.39, 0.29) is 0 Å². The highest BCUT2D eigenvalue weighted by Gasteiger charge is 2.40. The number of hydrogen-bond acceptors (Lipinski definition) is 5. The minimum Gasteiger partial charge on any atom is -0.741 e. The van der Waals surface area contributed by atoms with Crippen molar-refractivity contribution >= 4 is 10.1 Å². The predicted molar refractivity (Wildman–Crippen MR) is 73.3 cm³/mol. The van der Waals surface area contributed by atoms with Gasteiger partial charge in [-0.25, -0.2) is 8.42 Å². The Kier molecular flexibility index (Phi) is 6.78. The van der Waals surface area contributed by atoms with Crippen LogP contribution in [0.1, 0.15) is 25.7 Å². The fourth-order valence-electron chi connectivity index (χ4n) is 1.84. The lowest BCUT2D eigenvalue weighted by molar-refractivity contribution is -0.677. The van der Waals surface area contributed by atoms with Gasteiger partial charge in [-0.2, -0.15) is 23.4 Å². The summed E-state index contributed by atoms with van der Waals surface area (Å²) in [5, 5.41) is 10.8. The summed E-state index contributed by atoms with van der Waals surface area (Å²) in [6, 6.07) is 9.00. The summed E-state index contributed by atoms with van der Waals surface area (Å²) < 4.78 is 61.1. The summed E-state index contributed by atoms with van der Waals surface area (Å²) in [6.07, 6.45) is 8.28. The molecule has 1 unspecified atom stereocenters. The molecule has 0 N–H and O–H groups in total. The molecule has 6 nitrogen and oxygen atoms in total. The van der Waals surface area contributed by atoms with Gasteiger partial charge in [0, 0.05) is 18.6 Å². The van der Waals surface area contributed by atoms with Gasteiger partial charge in [0.25, 0.3) is 0 Å². The Labute approximate surface area is 132 Å². The van der Waals surface area contributed by atoms with Crippen LogP contribution >= 0.6 is 0 Å². The zero-order valence-electron chi connectivity index (χ0n) is 12.1. The quantitative estimate of drug-likeness (QED) is 0.263. The van der Waals surface area contributed by atoms with Crippen molar-refractivity contribution in [3.05, 3.63) is 30.6 Å². The first-order valence-corrected chi connectivity index (χ1v) is 8.20. The van der Waals surface area contributed by atoms with Crippen LogP contribution in [0.15, 0.2) is 30.6 Å². The summed E-state index contributed by atoms with van der Waals surface area (Å²) in [6.45, 7) is 1.15. The molecular formula is C13H16F3N3O3S. The number of nitriles is 1. The number of aromatic nitrogens is 1. The summed E-state index contributed by atoms with van der Waals surface area (Å²) >= 11 is 0. The molecule has 128 valence electrons. The first-order chi connectivity index (χ1) is 10.7. The van der Waals surface area contributed by atoms with Crippen molar-refractivity contribution in [3.8, 4) is 6.07 Å². The number of nitrogens with zero attached hydrogens (tertiary/aromatic N) is 3. The monoisotopic (exact) mass is 351 g/mol. The molecule has 0 spiro atoms. The number of unbranched alkanes of at least 4 members (excludes halogenated alkanes) is 2. The predicted octanol–water partition coefficient (Wildman–Crippen LogP) is 1.43. The van der Waals surface area contributed by atoms with Crippen molar-refractivity contribution < 1.29 is 30.8 Å². The second-order valence-corrected chi connectivity index (χ2v) is 6.21. The standard InChI is InChI=1S/C12H16N3.CHF3O3S/c13-8-4-1-3-7-12-11-15(12)14-9-5-2-6-10-14;2-1(3,4)8(5,6)7/h2,5-6,9-10,12H,1,3-4,7,11H2;(H,5,6,7)/q+1;/p-1. The molecule has 0 bridgehead atoms. The van der Waals surface area contributed by atoms with E-state index in [0.29, 0.717) is 12.5 Å². The molecule has 0 radical (unpaired) electrons. The lowest BCUT2D eigenvalue weighted by Gasteiger charge is -2.08. The normalized spacial score (nSPS) is 17.0. The van der Waals surface area contributed by atoms with Gasteiger partial charge < -0.3 is 4.55 Å². The van der Waals surface area contributed by atoms with Crippen molar-refractivity contribution in [2.75, 3.05) is 11.6 Å². The Morgan fingerprint density at radius 2 is 1.83 bits per heavy atom. The minimum absolute atomic E-state index is 0.691. The van der Waals surface area contributed by atoms with Gasteiger partial charge in [0.2, 0.25) is 0 Å². The topological polar surface area (TPSA) is 87.9 Å². The van der Waals surface area contributed by atoms with Gasteiger partial charge in [0.05, 0.1) is 12.6 Å². The third kappa shape index (κ3) is 6.83. The maximum atomic E-state index is 10.7. The van der Waals surface area contributed by atoms with Crippen LogP contribution in [0.25, 0.3) is 0 Å². The zero-order valence-corrected chi connectivity index (χ0v) is 12.9. The molecule has 2 rings (SSSR count). The Morgan fingerprint density at radius 3 is 2.30 bits per heavy atom. The van der Waals surface area contributed by atoms with E-state index in [2.05, 4.69) is 28.1 Å².